The molecule has 2 aromatic heterocycles. The first-order valence-electron chi connectivity index (χ1n) is 6.42. The standard InChI is InChI=1S/C16H12N2O3/c1-10(19)11-6-7-18-15(8-11)21-16-12-4-2-3-5-13(12)20-14(16)9-17/h2-8,10,19H,1H3/t10-/m0/s1. The normalized spacial score (nSPS) is 12.0. The molecule has 104 valence electrons. The Morgan fingerprint density at radius 1 is 1.33 bits per heavy atom. The molecule has 0 fully saturated rings. The van der Waals surface area contributed by atoms with Gasteiger partial charge in [0.05, 0.1) is 11.5 Å². The lowest BCUT2D eigenvalue weighted by molar-refractivity contribution is 0.198. The number of hydrogen-bond donors (Lipinski definition) is 1. The first kappa shape index (κ1) is 13.2. The number of pyridine rings is 1. The Morgan fingerprint density at radius 2 is 2.14 bits per heavy atom. The van der Waals surface area contributed by atoms with Crippen molar-refractivity contribution in [3.63, 3.8) is 0 Å². The van der Waals surface area contributed by atoms with Crippen LogP contribution in [0.3, 0.4) is 0 Å². The number of benzene rings is 1. The summed E-state index contributed by atoms with van der Waals surface area (Å²) >= 11 is 0. The fourth-order valence-corrected chi connectivity index (χ4v) is 2.04. The highest BCUT2D eigenvalue weighted by molar-refractivity contribution is 5.86. The van der Waals surface area contributed by atoms with E-state index in [0.717, 1.165) is 0 Å². The highest BCUT2D eigenvalue weighted by Gasteiger charge is 2.16. The van der Waals surface area contributed by atoms with Gasteiger partial charge in [-0.3, -0.25) is 0 Å². The van der Waals surface area contributed by atoms with Crippen LogP contribution in [0.2, 0.25) is 0 Å². The molecule has 0 saturated heterocycles. The minimum Gasteiger partial charge on any atom is -0.442 e. The van der Waals surface area contributed by atoms with Crippen molar-refractivity contribution in [2.75, 3.05) is 0 Å². The number of aliphatic hydroxyl groups is 1. The first-order chi connectivity index (χ1) is 10.2. The molecule has 1 aromatic carbocycles. The lowest BCUT2D eigenvalue weighted by Crippen LogP contribution is -1.94. The van der Waals surface area contributed by atoms with Crippen molar-refractivity contribution in [1.29, 1.82) is 5.26 Å². The van der Waals surface area contributed by atoms with E-state index in [2.05, 4.69) is 4.98 Å². The van der Waals surface area contributed by atoms with Crippen LogP contribution in [0.4, 0.5) is 0 Å². The average Bonchev–Trinajstić information content (AvgIpc) is 2.86. The fourth-order valence-electron chi connectivity index (χ4n) is 2.04. The van der Waals surface area contributed by atoms with Gasteiger partial charge >= 0.3 is 0 Å². The summed E-state index contributed by atoms with van der Waals surface area (Å²) in [5.74, 6) is 0.736. The van der Waals surface area contributed by atoms with Gasteiger partial charge in [-0.25, -0.2) is 4.98 Å². The van der Waals surface area contributed by atoms with Crippen molar-refractivity contribution in [3.8, 4) is 17.7 Å². The van der Waals surface area contributed by atoms with Crippen LogP contribution in [0, 0.1) is 11.3 Å². The Labute approximate surface area is 121 Å². The summed E-state index contributed by atoms with van der Waals surface area (Å²) < 4.78 is 11.1. The van der Waals surface area contributed by atoms with E-state index in [1.165, 1.54) is 0 Å². The molecular formula is C16H12N2O3. The molecule has 5 heteroatoms. The summed E-state index contributed by atoms with van der Waals surface area (Å²) in [6.45, 7) is 1.66. The lowest BCUT2D eigenvalue weighted by Gasteiger charge is -2.07. The van der Waals surface area contributed by atoms with Crippen LogP contribution in [0.5, 0.6) is 11.6 Å². The third-order valence-electron chi connectivity index (χ3n) is 3.10. The van der Waals surface area contributed by atoms with E-state index in [0.29, 0.717) is 28.2 Å². The van der Waals surface area contributed by atoms with Gasteiger partial charge < -0.3 is 14.3 Å². The number of para-hydroxylation sites is 1. The number of rotatable bonds is 3. The number of aliphatic hydroxyl groups excluding tert-OH is 1. The zero-order valence-corrected chi connectivity index (χ0v) is 11.3. The molecule has 0 aliphatic carbocycles. The Kier molecular flexibility index (Phi) is 3.30. The van der Waals surface area contributed by atoms with Crippen LogP contribution in [0.15, 0.2) is 47.0 Å². The Bertz CT molecular complexity index is 831. The molecule has 3 rings (SSSR count). The monoisotopic (exact) mass is 280 g/mol. The van der Waals surface area contributed by atoms with Gasteiger partial charge in [0.15, 0.2) is 5.75 Å². The number of ether oxygens (including phenoxy) is 1. The minimum atomic E-state index is -0.619. The first-order valence-corrected chi connectivity index (χ1v) is 6.42. The van der Waals surface area contributed by atoms with E-state index in [1.807, 2.05) is 24.3 Å². The molecule has 1 atom stereocenters. The minimum absolute atomic E-state index is 0.0976. The third kappa shape index (κ3) is 2.45. The zero-order chi connectivity index (χ0) is 14.8. The highest BCUT2D eigenvalue weighted by Crippen LogP contribution is 2.35. The van der Waals surface area contributed by atoms with Crippen molar-refractivity contribution in [1.82, 2.24) is 4.98 Å². The molecule has 21 heavy (non-hydrogen) atoms. The average molecular weight is 280 g/mol. The maximum atomic E-state index is 9.59. The van der Waals surface area contributed by atoms with Crippen LogP contribution < -0.4 is 4.74 Å². The van der Waals surface area contributed by atoms with Crippen molar-refractivity contribution in [3.05, 3.63) is 53.9 Å². The smallest absolute Gasteiger partial charge is 0.247 e. The molecule has 5 nitrogen and oxygen atoms in total. The van der Waals surface area contributed by atoms with Gasteiger partial charge in [0.2, 0.25) is 11.6 Å². The summed E-state index contributed by atoms with van der Waals surface area (Å²) in [7, 11) is 0. The van der Waals surface area contributed by atoms with Gasteiger partial charge in [-0.15, -0.1) is 0 Å². The highest BCUT2D eigenvalue weighted by atomic mass is 16.5. The molecule has 1 N–H and O–H groups in total. The molecule has 0 aliphatic heterocycles. The predicted octanol–water partition coefficient (Wildman–Crippen LogP) is 3.55. The fraction of sp³-hybridized carbons (Fsp3) is 0.125. The zero-order valence-electron chi connectivity index (χ0n) is 11.3. The van der Waals surface area contributed by atoms with E-state index in [9.17, 15) is 5.11 Å². The molecule has 0 unspecified atom stereocenters. The Hall–Kier alpha value is -2.84. The summed E-state index contributed by atoms with van der Waals surface area (Å²) in [5.41, 5.74) is 1.27. The molecule has 0 radical (unpaired) electrons. The van der Waals surface area contributed by atoms with Crippen LogP contribution in [0.1, 0.15) is 24.4 Å². The van der Waals surface area contributed by atoms with E-state index in [-0.39, 0.29) is 5.76 Å². The van der Waals surface area contributed by atoms with Crippen molar-refractivity contribution in [2.24, 2.45) is 0 Å². The largest absolute Gasteiger partial charge is 0.442 e. The van der Waals surface area contributed by atoms with Crippen LogP contribution >= 0.6 is 0 Å². The number of nitriles is 1. The van der Waals surface area contributed by atoms with E-state index < -0.39 is 6.10 Å². The number of fused-ring (bicyclic) bond motifs is 1. The number of nitrogens with zero attached hydrogens (tertiary/aromatic N) is 2. The van der Waals surface area contributed by atoms with Gasteiger partial charge in [0, 0.05) is 12.3 Å². The molecule has 0 amide bonds. The Balaban J connectivity index is 2.06. The molecule has 0 aliphatic rings. The molecule has 3 aromatic rings. The molecule has 0 spiro atoms. The second-order valence-corrected chi connectivity index (χ2v) is 4.57. The van der Waals surface area contributed by atoms with Gasteiger partial charge in [0.25, 0.3) is 0 Å². The van der Waals surface area contributed by atoms with E-state index >= 15 is 0 Å². The van der Waals surface area contributed by atoms with Gasteiger partial charge in [-0.2, -0.15) is 5.26 Å². The summed E-state index contributed by atoms with van der Waals surface area (Å²) in [5, 5.41) is 19.5. The maximum absolute atomic E-state index is 9.59. The SMILES string of the molecule is C[C@H](O)c1ccnc(Oc2c(C#N)oc3ccccc23)c1. The van der Waals surface area contributed by atoms with Gasteiger partial charge in [0.1, 0.15) is 11.7 Å². The number of hydrogen-bond acceptors (Lipinski definition) is 5. The number of aromatic nitrogens is 1. The third-order valence-corrected chi connectivity index (χ3v) is 3.10. The van der Waals surface area contributed by atoms with Crippen LogP contribution in [-0.2, 0) is 0 Å². The predicted molar refractivity (Wildman–Crippen MR) is 75.9 cm³/mol. The van der Waals surface area contributed by atoms with Crippen LogP contribution in [0.25, 0.3) is 11.0 Å². The molecule has 2 heterocycles. The van der Waals surface area contributed by atoms with Crippen LogP contribution in [-0.4, -0.2) is 10.1 Å². The topological polar surface area (TPSA) is 79.3 Å². The van der Waals surface area contributed by atoms with Crippen molar-refractivity contribution in [2.45, 2.75) is 13.0 Å². The molecule has 0 saturated carbocycles. The van der Waals surface area contributed by atoms with Gasteiger partial charge in [-0.1, -0.05) is 12.1 Å². The second kappa shape index (κ2) is 5.27. The second-order valence-electron chi connectivity index (χ2n) is 4.57. The van der Waals surface area contributed by atoms with Crippen molar-refractivity contribution >= 4 is 11.0 Å². The summed E-state index contributed by atoms with van der Waals surface area (Å²) in [4.78, 5) is 4.09. The van der Waals surface area contributed by atoms with Crippen molar-refractivity contribution < 1.29 is 14.3 Å². The maximum Gasteiger partial charge on any atom is 0.247 e. The molecule has 0 bridgehead atoms. The van der Waals surface area contributed by atoms with Gasteiger partial charge in [-0.05, 0) is 30.7 Å². The quantitative estimate of drug-likeness (QED) is 0.793. The summed E-state index contributed by atoms with van der Waals surface area (Å²) in [6.07, 6.45) is 0.929. The van der Waals surface area contributed by atoms with E-state index in [4.69, 9.17) is 14.4 Å². The number of furan rings is 1. The Morgan fingerprint density at radius 3 is 2.90 bits per heavy atom. The van der Waals surface area contributed by atoms with E-state index in [1.54, 1.807) is 31.3 Å². The molecular weight excluding hydrogens is 268 g/mol. The lowest BCUT2D eigenvalue weighted by atomic mass is 10.2. The summed E-state index contributed by atoms with van der Waals surface area (Å²) in [6, 6.07) is 12.6.